The van der Waals surface area contributed by atoms with Crippen LogP contribution < -0.4 is 10.6 Å². The lowest BCUT2D eigenvalue weighted by atomic mass is 10.4. The predicted octanol–water partition coefficient (Wildman–Crippen LogP) is 1.02. The summed E-state index contributed by atoms with van der Waals surface area (Å²) in [5.41, 5.74) is 0. The third-order valence-corrected chi connectivity index (χ3v) is 1.89. The number of nitrogens with one attached hydrogen (secondary N) is 2. The molecule has 0 unspecified atom stereocenters. The lowest BCUT2D eigenvalue weighted by Gasteiger charge is -2.07. The molecule has 0 aliphatic carbocycles. The highest BCUT2D eigenvalue weighted by atomic mass is 19.1. The molecule has 0 saturated carbocycles. The van der Waals surface area contributed by atoms with Crippen molar-refractivity contribution in [3.63, 3.8) is 0 Å². The maximum Gasteiger partial charge on any atom is 0.307 e. The zero-order valence-electron chi connectivity index (χ0n) is 9.79. The van der Waals surface area contributed by atoms with Crippen molar-refractivity contribution in [2.75, 3.05) is 30.8 Å². The summed E-state index contributed by atoms with van der Waals surface area (Å²) in [6, 6.07) is 0. The Bertz CT molecular complexity index is 387. The van der Waals surface area contributed by atoms with Crippen molar-refractivity contribution in [3.8, 4) is 0 Å². The van der Waals surface area contributed by atoms with Crippen molar-refractivity contribution in [1.82, 2.24) is 9.97 Å². The molecule has 0 fully saturated rings. The average molecular weight is 242 g/mol. The van der Waals surface area contributed by atoms with Gasteiger partial charge in [0.25, 0.3) is 0 Å². The number of anilines is 2. The molecule has 1 heterocycles. The van der Waals surface area contributed by atoms with E-state index in [0.717, 1.165) is 6.20 Å². The van der Waals surface area contributed by atoms with E-state index in [1.54, 1.807) is 14.0 Å². The summed E-state index contributed by atoms with van der Waals surface area (Å²) < 4.78 is 18.0. The van der Waals surface area contributed by atoms with Crippen LogP contribution in [-0.4, -0.2) is 36.1 Å². The molecule has 0 atom stereocenters. The number of hydrogen-bond acceptors (Lipinski definition) is 6. The first-order chi connectivity index (χ1) is 8.17. The normalized spacial score (nSPS) is 9.82. The second-order valence-corrected chi connectivity index (χ2v) is 3.12. The standard InChI is InChI=1S/C10H15FN4O2/c1-3-17-8(16)4-5-13-9-7(11)6-14-10(12-2)15-9/h6H,3-5H2,1-2H3,(H2,12,13,14,15). The zero-order valence-corrected chi connectivity index (χ0v) is 9.79. The molecule has 0 spiro atoms. The molecule has 6 nitrogen and oxygen atoms in total. The van der Waals surface area contributed by atoms with Crippen molar-refractivity contribution in [2.45, 2.75) is 13.3 Å². The highest BCUT2D eigenvalue weighted by Gasteiger charge is 2.07. The number of esters is 1. The van der Waals surface area contributed by atoms with Crippen molar-refractivity contribution in [1.29, 1.82) is 0 Å². The van der Waals surface area contributed by atoms with E-state index in [0.29, 0.717) is 12.6 Å². The number of rotatable bonds is 6. The van der Waals surface area contributed by atoms with E-state index in [1.165, 1.54) is 0 Å². The van der Waals surface area contributed by atoms with Crippen LogP contribution in [0.4, 0.5) is 16.2 Å². The Morgan fingerprint density at radius 1 is 1.59 bits per heavy atom. The van der Waals surface area contributed by atoms with Gasteiger partial charge in [-0.1, -0.05) is 0 Å². The summed E-state index contributed by atoms with van der Waals surface area (Å²) in [6.45, 7) is 2.33. The van der Waals surface area contributed by atoms with Gasteiger partial charge >= 0.3 is 5.97 Å². The smallest absolute Gasteiger partial charge is 0.307 e. The van der Waals surface area contributed by atoms with Crippen LogP contribution in [0.5, 0.6) is 0 Å². The van der Waals surface area contributed by atoms with Crippen LogP contribution in [0.2, 0.25) is 0 Å². The fourth-order valence-corrected chi connectivity index (χ4v) is 1.13. The first-order valence-electron chi connectivity index (χ1n) is 5.27. The van der Waals surface area contributed by atoms with Gasteiger partial charge in [-0.15, -0.1) is 0 Å². The van der Waals surface area contributed by atoms with E-state index < -0.39 is 5.82 Å². The summed E-state index contributed by atoms with van der Waals surface area (Å²) in [5, 5.41) is 5.40. The quantitative estimate of drug-likeness (QED) is 0.725. The van der Waals surface area contributed by atoms with Gasteiger partial charge in [-0.2, -0.15) is 4.98 Å². The summed E-state index contributed by atoms with van der Waals surface area (Å²) in [5.74, 6) is -0.519. The Balaban J connectivity index is 2.48. The van der Waals surface area contributed by atoms with Crippen LogP contribution in [0, 0.1) is 5.82 Å². The van der Waals surface area contributed by atoms with Gasteiger partial charge < -0.3 is 15.4 Å². The first-order valence-corrected chi connectivity index (χ1v) is 5.27. The molecule has 94 valence electrons. The molecule has 0 aliphatic rings. The SMILES string of the molecule is CCOC(=O)CCNc1nc(NC)ncc1F. The van der Waals surface area contributed by atoms with Crippen LogP contribution in [0.1, 0.15) is 13.3 Å². The Labute approximate surface area is 98.6 Å². The third-order valence-electron chi connectivity index (χ3n) is 1.89. The number of hydrogen-bond donors (Lipinski definition) is 2. The van der Waals surface area contributed by atoms with Gasteiger partial charge in [-0.25, -0.2) is 9.37 Å². The Hall–Kier alpha value is -1.92. The van der Waals surface area contributed by atoms with Crippen LogP contribution >= 0.6 is 0 Å². The number of aromatic nitrogens is 2. The van der Waals surface area contributed by atoms with Crippen LogP contribution in [0.15, 0.2) is 6.20 Å². The number of carbonyl (C=O) groups excluding carboxylic acids is 1. The Morgan fingerprint density at radius 2 is 2.35 bits per heavy atom. The van der Waals surface area contributed by atoms with E-state index in [4.69, 9.17) is 4.74 Å². The van der Waals surface area contributed by atoms with Crippen LogP contribution in [0.25, 0.3) is 0 Å². The van der Waals surface area contributed by atoms with Crippen molar-refractivity contribution in [3.05, 3.63) is 12.0 Å². The summed E-state index contributed by atoms with van der Waals surface area (Å²) in [4.78, 5) is 18.6. The first kappa shape index (κ1) is 13.1. The van der Waals surface area contributed by atoms with E-state index in [9.17, 15) is 9.18 Å². The summed E-state index contributed by atoms with van der Waals surface area (Å²) in [7, 11) is 1.63. The molecular formula is C10H15FN4O2. The minimum atomic E-state index is -0.562. The second-order valence-electron chi connectivity index (χ2n) is 3.12. The molecule has 0 saturated heterocycles. The highest BCUT2D eigenvalue weighted by Crippen LogP contribution is 2.11. The molecule has 1 rings (SSSR count). The van der Waals surface area contributed by atoms with Crippen molar-refractivity contribution < 1.29 is 13.9 Å². The monoisotopic (exact) mass is 242 g/mol. The summed E-state index contributed by atoms with van der Waals surface area (Å²) in [6.07, 6.45) is 1.22. The molecule has 0 amide bonds. The predicted molar refractivity (Wildman–Crippen MR) is 61.3 cm³/mol. The summed E-state index contributed by atoms with van der Waals surface area (Å²) >= 11 is 0. The number of nitrogens with zero attached hydrogens (tertiary/aromatic N) is 2. The minimum absolute atomic E-state index is 0.0636. The lowest BCUT2D eigenvalue weighted by Crippen LogP contribution is -2.13. The molecule has 0 bridgehead atoms. The Kier molecular flexibility index (Phi) is 5.12. The van der Waals surface area contributed by atoms with E-state index in [-0.39, 0.29) is 24.8 Å². The number of ether oxygens (including phenoxy) is 1. The molecule has 0 aromatic carbocycles. The molecule has 0 aliphatic heterocycles. The van der Waals surface area contributed by atoms with E-state index >= 15 is 0 Å². The maximum absolute atomic E-state index is 13.2. The molecule has 7 heteroatoms. The molecule has 0 radical (unpaired) electrons. The average Bonchev–Trinajstić information content (AvgIpc) is 2.32. The molecule has 1 aromatic rings. The van der Waals surface area contributed by atoms with Gasteiger partial charge in [0.05, 0.1) is 19.2 Å². The van der Waals surface area contributed by atoms with Crippen molar-refractivity contribution in [2.24, 2.45) is 0 Å². The van der Waals surface area contributed by atoms with Gasteiger partial charge in [0, 0.05) is 13.6 Å². The second kappa shape index (κ2) is 6.62. The van der Waals surface area contributed by atoms with Gasteiger partial charge in [-0.05, 0) is 6.92 Å². The van der Waals surface area contributed by atoms with E-state index in [1.807, 2.05) is 0 Å². The molecular weight excluding hydrogens is 227 g/mol. The number of halogens is 1. The van der Waals surface area contributed by atoms with Gasteiger partial charge in [0.1, 0.15) is 0 Å². The fourth-order valence-electron chi connectivity index (χ4n) is 1.13. The zero-order chi connectivity index (χ0) is 12.7. The van der Waals surface area contributed by atoms with Gasteiger partial charge in [0.15, 0.2) is 11.6 Å². The highest BCUT2D eigenvalue weighted by molar-refractivity contribution is 5.69. The van der Waals surface area contributed by atoms with Gasteiger partial charge in [-0.3, -0.25) is 4.79 Å². The Morgan fingerprint density at radius 3 is 3.00 bits per heavy atom. The van der Waals surface area contributed by atoms with Gasteiger partial charge in [0.2, 0.25) is 5.95 Å². The third kappa shape index (κ3) is 4.21. The van der Waals surface area contributed by atoms with Crippen LogP contribution in [-0.2, 0) is 9.53 Å². The van der Waals surface area contributed by atoms with Crippen LogP contribution in [0.3, 0.4) is 0 Å². The lowest BCUT2D eigenvalue weighted by molar-refractivity contribution is -0.142. The molecule has 2 N–H and O–H groups in total. The molecule has 1 aromatic heterocycles. The largest absolute Gasteiger partial charge is 0.466 e. The fraction of sp³-hybridized carbons (Fsp3) is 0.500. The molecule has 17 heavy (non-hydrogen) atoms. The number of carbonyl (C=O) groups is 1. The topological polar surface area (TPSA) is 76.1 Å². The van der Waals surface area contributed by atoms with E-state index in [2.05, 4.69) is 20.6 Å². The van der Waals surface area contributed by atoms with Crippen molar-refractivity contribution >= 4 is 17.7 Å². The minimum Gasteiger partial charge on any atom is -0.466 e. The maximum atomic E-state index is 13.2.